The Kier molecular flexibility index (Phi) is 2.54. The molecule has 1 N–H and O–H groups in total. The van der Waals surface area contributed by atoms with Crippen LogP contribution in [0.1, 0.15) is 30.7 Å². The highest BCUT2D eigenvalue weighted by Gasteiger charge is 2.48. The standard InChI is InChI=1S/C15H15N3O3/c19-14-11(12-4-5-13(15(20)21)18(12)14)8-9-7-10-3-1-2-6-17(10)16-9/h5,7-8,12H,1-4,6H2,(H,20,21)/b11-8+. The topological polar surface area (TPSA) is 75.4 Å². The van der Waals surface area contributed by atoms with Gasteiger partial charge in [0.1, 0.15) is 5.70 Å². The molecule has 0 saturated carbocycles. The average Bonchev–Trinajstić information content (AvgIpc) is 3.05. The van der Waals surface area contributed by atoms with Crippen LogP contribution in [-0.2, 0) is 22.6 Å². The lowest BCUT2D eigenvalue weighted by atomic mass is 9.93. The summed E-state index contributed by atoms with van der Waals surface area (Å²) in [7, 11) is 0. The quantitative estimate of drug-likeness (QED) is 0.654. The maximum atomic E-state index is 12.1. The van der Waals surface area contributed by atoms with E-state index in [9.17, 15) is 9.59 Å². The Morgan fingerprint density at radius 2 is 2.29 bits per heavy atom. The number of fused-ring (bicyclic) bond motifs is 2. The van der Waals surface area contributed by atoms with Crippen LogP contribution in [0.15, 0.2) is 23.4 Å². The molecule has 1 atom stereocenters. The summed E-state index contributed by atoms with van der Waals surface area (Å²) in [5.74, 6) is -1.25. The van der Waals surface area contributed by atoms with E-state index in [1.807, 2.05) is 16.8 Å². The minimum atomic E-state index is -1.04. The van der Waals surface area contributed by atoms with E-state index >= 15 is 0 Å². The van der Waals surface area contributed by atoms with Gasteiger partial charge in [0.2, 0.25) is 0 Å². The summed E-state index contributed by atoms with van der Waals surface area (Å²) >= 11 is 0. The van der Waals surface area contributed by atoms with Crippen LogP contribution in [0, 0.1) is 0 Å². The number of aliphatic carboxylic acids is 1. The molecule has 0 bridgehead atoms. The minimum Gasteiger partial charge on any atom is -0.477 e. The molecule has 1 amide bonds. The fourth-order valence-electron chi connectivity index (χ4n) is 3.35. The number of carbonyl (C=O) groups is 2. The van der Waals surface area contributed by atoms with Crippen molar-refractivity contribution < 1.29 is 14.7 Å². The highest BCUT2D eigenvalue weighted by molar-refractivity contribution is 6.10. The average molecular weight is 285 g/mol. The minimum absolute atomic E-state index is 0.103. The second-order valence-corrected chi connectivity index (χ2v) is 5.66. The summed E-state index contributed by atoms with van der Waals surface area (Å²) in [4.78, 5) is 24.5. The van der Waals surface area contributed by atoms with Crippen LogP contribution in [0.25, 0.3) is 6.08 Å². The Labute approximate surface area is 121 Å². The first-order valence-electron chi connectivity index (χ1n) is 7.20. The molecule has 3 aliphatic heterocycles. The molecule has 3 aliphatic rings. The van der Waals surface area contributed by atoms with E-state index in [4.69, 9.17) is 5.11 Å². The number of aromatic nitrogens is 2. The van der Waals surface area contributed by atoms with Crippen LogP contribution in [0.5, 0.6) is 0 Å². The molecule has 21 heavy (non-hydrogen) atoms. The number of hydrogen-bond acceptors (Lipinski definition) is 3. The van der Waals surface area contributed by atoms with Crippen molar-refractivity contribution in [1.29, 1.82) is 0 Å². The number of amides is 1. The van der Waals surface area contributed by atoms with Gasteiger partial charge in [-0.2, -0.15) is 5.10 Å². The number of β-lactam (4-membered cyclic amide) rings is 1. The molecule has 1 saturated heterocycles. The Morgan fingerprint density at radius 3 is 3.05 bits per heavy atom. The predicted molar refractivity (Wildman–Crippen MR) is 74.1 cm³/mol. The lowest BCUT2D eigenvalue weighted by Gasteiger charge is -2.38. The van der Waals surface area contributed by atoms with E-state index in [1.165, 1.54) is 17.0 Å². The first-order chi connectivity index (χ1) is 10.1. The number of nitrogens with zero attached hydrogens (tertiary/aromatic N) is 3. The van der Waals surface area contributed by atoms with Crippen molar-refractivity contribution in [3.05, 3.63) is 34.8 Å². The molecule has 0 radical (unpaired) electrons. The number of hydrogen-bond donors (Lipinski definition) is 1. The first-order valence-corrected chi connectivity index (χ1v) is 7.20. The lowest BCUT2D eigenvalue weighted by molar-refractivity contribution is -0.142. The molecule has 0 spiro atoms. The van der Waals surface area contributed by atoms with Gasteiger partial charge in [-0.1, -0.05) is 6.08 Å². The number of carboxylic acids is 1. The molecule has 1 fully saturated rings. The first kappa shape index (κ1) is 12.4. The van der Waals surface area contributed by atoms with Gasteiger partial charge in [-0.25, -0.2) is 4.79 Å². The normalized spacial score (nSPS) is 25.4. The maximum absolute atomic E-state index is 12.1. The molecule has 6 heteroatoms. The number of carboxylic acid groups (broad SMARTS) is 1. The molecule has 0 aromatic carbocycles. The van der Waals surface area contributed by atoms with Crippen molar-refractivity contribution in [3.63, 3.8) is 0 Å². The highest BCUT2D eigenvalue weighted by Crippen LogP contribution is 2.39. The van der Waals surface area contributed by atoms with Crippen LogP contribution in [0.3, 0.4) is 0 Å². The SMILES string of the molecule is O=C(O)C1=CCC2/C(=C\c3cc4n(n3)CCCC4)C(=O)N12. The highest BCUT2D eigenvalue weighted by atomic mass is 16.4. The van der Waals surface area contributed by atoms with Gasteiger partial charge in [0.25, 0.3) is 5.91 Å². The Balaban J connectivity index is 1.60. The Morgan fingerprint density at radius 1 is 1.43 bits per heavy atom. The van der Waals surface area contributed by atoms with Crippen LogP contribution in [0.2, 0.25) is 0 Å². The Bertz CT molecular complexity index is 690. The van der Waals surface area contributed by atoms with Gasteiger partial charge >= 0.3 is 5.97 Å². The fourth-order valence-corrected chi connectivity index (χ4v) is 3.35. The number of aryl methyl sites for hydroxylation is 2. The fraction of sp³-hybridized carbons (Fsp3) is 0.400. The molecule has 6 nitrogen and oxygen atoms in total. The van der Waals surface area contributed by atoms with Crippen LogP contribution in [0.4, 0.5) is 0 Å². The van der Waals surface area contributed by atoms with Gasteiger partial charge in [0.05, 0.1) is 11.7 Å². The molecule has 1 unspecified atom stereocenters. The smallest absolute Gasteiger partial charge is 0.352 e. The number of rotatable bonds is 2. The van der Waals surface area contributed by atoms with Crippen molar-refractivity contribution >= 4 is 18.0 Å². The zero-order chi connectivity index (χ0) is 14.6. The van der Waals surface area contributed by atoms with E-state index < -0.39 is 5.97 Å². The third-order valence-corrected chi connectivity index (χ3v) is 4.39. The summed E-state index contributed by atoms with van der Waals surface area (Å²) in [5, 5.41) is 13.6. The third-order valence-electron chi connectivity index (χ3n) is 4.39. The van der Waals surface area contributed by atoms with Crippen LogP contribution < -0.4 is 0 Å². The predicted octanol–water partition coefficient (Wildman–Crippen LogP) is 1.19. The van der Waals surface area contributed by atoms with E-state index in [-0.39, 0.29) is 17.6 Å². The van der Waals surface area contributed by atoms with E-state index in [0.29, 0.717) is 12.0 Å². The monoisotopic (exact) mass is 285 g/mol. The van der Waals surface area contributed by atoms with Gasteiger partial charge in [0.15, 0.2) is 0 Å². The molecular weight excluding hydrogens is 270 g/mol. The summed E-state index contributed by atoms with van der Waals surface area (Å²) in [6.07, 6.45) is 7.36. The van der Waals surface area contributed by atoms with E-state index in [2.05, 4.69) is 5.10 Å². The number of carbonyl (C=O) groups excluding carboxylic acids is 1. The van der Waals surface area contributed by atoms with Gasteiger partial charge < -0.3 is 5.11 Å². The third kappa shape index (κ3) is 1.75. The summed E-state index contributed by atoms with van der Waals surface area (Å²) in [5.41, 5.74) is 2.79. The molecule has 0 aliphatic carbocycles. The zero-order valence-corrected chi connectivity index (χ0v) is 11.5. The second kappa shape index (κ2) is 4.31. The molecule has 4 heterocycles. The summed E-state index contributed by atoms with van der Waals surface area (Å²) in [6.45, 7) is 0.937. The van der Waals surface area contributed by atoms with Crippen LogP contribution in [-0.4, -0.2) is 37.7 Å². The van der Waals surface area contributed by atoms with Crippen molar-refractivity contribution in [2.75, 3.05) is 0 Å². The lowest BCUT2D eigenvalue weighted by Crippen LogP contribution is -2.52. The molecule has 1 aromatic rings. The van der Waals surface area contributed by atoms with Crippen molar-refractivity contribution in [1.82, 2.24) is 14.7 Å². The maximum Gasteiger partial charge on any atom is 0.352 e. The summed E-state index contributed by atoms with van der Waals surface area (Å²) < 4.78 is 2.01. The van der Waals surface area contributed by atoms with Gasteiger partial charge in [-0.3, -0.25) is 14.4 Å². The molecule has 4 rings (SSSR count). The molecule has 1 aromatic heterocycles. The van der Waals surface area contributed by atoms with Crippen molar-refractivity contribution in [2.24, 2.45) is 0 Å². The molecular formula is C15H15N3O3. The van der Waals surface area contributed by atoms with Crippen molar-refractivity contribution in [3.8, 4) is 0 Å². The second-order valence-electron chi connectivity index (χ2n) is 5.66. The largest absolute Gasteiger partial charge is 0.477 e. The van der Waals surface area contributed by atoms with Crippen molar-refractivity contribution in [2.45, 2.75) is 38.3 Å². The molecule has 108 valence electrons. The Hall–Kier alpha value is -2.37. The van der Waals surface area contributed by atoms with Gasteiger partial charge in [0, 0.05) is 17.8 Å². The van der Waals surface area contributed by atoms with Crippen LogP contribution >= 0.6 is 0 Å². The van der Waals surface area contributed by atoms with Gasteiger partial charge in [-0.15, -0.1) is 0 Å². The zero-order valence-electron chi connectivity index (χ0n) is 11.5. The van der Waals surface area contributed by atoms with Gasteiger partial charge in [-0.05, 0) is 37.8 Å². The summed E-state index contributed by atoms with van der Waals surface area (Å²) in [6, 6.07) is 1.91. The van der Waals surface area contributed by atoms with E-state index in [1.54, 1.807) is 6.08 Å². The van der Waals surface area contributed by atoms with E-state index in [0.717, 1.165) is 25.1 Å².